The predicted octanol–water partition coefficient (Wildman–Crippen LogP) is 3.63. The third-order valence-electron chi connectivity index (χ3n) is 6.20. The molecule has 0 bridgehead atoms. The molecule has 6 nitrogen and oxygen atoms in total. The SMILES string of the molecule is O=C1NCCc2c1nc(C1CC1)nc2N1CCCC(c2nc3ccccc3s2)C1. The second-order valence-electron chi connectivity index (χ2n) is 8.32. The van der Waals surface area contributed by atoms with Crippen LogP contribution in [0.15, 0.2) is 24.3 Å². The molecule has 2 aliphatic heterocycles. The van der Waals surface area contributed by atoms with E-state index in [2.05, 4.69) is 39.5 Å². The lowest BCUT2D eigenvalue weighted by molar-refractivity contribution is 0.0940. The lowest BCUT2D eigenvalue weighted by atomic mass is 9.97. The minimum Gasteiger partial charge on any atom is -0.356 e. The number of aromatic nitrogens is 3. The summed E-state index contributed by atoms with van der Waals surface area (Å²) < 4.78 is 1.26. The summed E-state index contributed by atoms with van der Waals surface area (Å²) >= 11 is 1.81. The van der Waals surface area contributed by atoms with Gasteiger partial charge in [-0.1, -0.05) is 12.1 Å². The highest BCUT2D eigenvalue weighted by Gasteiger charge is 2.34. The molecule has 4 heterocycles. The predicted molar refractivity (Wildman–Crippen MR) is 114 cm³/mol. The second kappa shape index (κ2) is 6.76. The Morgan fingerprint density at radius 1 is 1.07 bits per heavy atom. The van der Waals surface area contributed by atoms with Crippen molar-refractivity contribution in [1.29, 1.82) is 0 Å². The van der Waals surface area contributed by atoms with E-state index in [9.17, 15) is 4.79 Å². The number of hydrogen-bond donors (Lipinski definition) is 1. The first-order chi connectivity index (χ1) is 14.3. The first kappa shape index (κ1) is 17.3. The molecule has 1 saturated carbocycles. The number of thiazole rings is 1. The number of rotatable bonds is 3. The highest BCUT2D eigenvalue weighted by Crippen LogP contribution is 2.41. The van der Waals surface area contributed by atoms with Crippen LogP contribution >= 0.6 is 11.3 Å². The van der Waals surface area contributed by atoms with Gasteiger partial charge in [-0.05, 0) is 44.2 Å². The van der Waals surface area contributed by atoms with Gasteiger partial charge in [-0.2, -0.15) is 0 Å². The number of anilines is 1. The normalized spacial score (nSPS) is 21.9. The van der Waals surface area contributed by atoms with Crippen molar-refractivity contribution in [3.05, 3.63) is 46.4 Å². The zero-order valence-electron chi connectivity index (χ0n) is 16.2. The Kier molecular flexibility index (Phi) is 4.04. The standard InChI is InChI=1S/C22H23N5OS/c28-21-18-15(9-10-23-21)20(26-19(25-18)13-7-8-13)27-11-3-4-14(12-27)22-24-16-5-1-2-6-17(16)29-22/h1-2,5-6,13-14H,3-4,7-12H2,(H,23,28). The fraction of sp³-hybridized carbons (Fsp3) is 0.455. The summed E-state index contributed by atoms with van der Waals surface area (Å²) in [4.78, 5) is 29.4. The van der Waals surface area contributed by atoms with E-state index in [1.165, 1.54) is 9.71 Å². The van der Waals surface area contributed by atoms with Crippen molar-refractivity contribution in [1.82, 2.24) is 20.3 Å². The first-order valence-corrected chi connectivity index (χ1v) is 11.4. The molecule has 29 heavy (non-hydrogen) atoms. The van der Waals surface area contributed by atoms with E-state index in [4.69, 9.17) is 9.97 Å². The number of nitrogens with one attached hydrogen (secondary N) is 1. The van der Waals surface area contributed by atoms with Crippen molar-refractivity contribution in [2.75, 3.05) is 24.5 Å². The van der Waals surface area contributed by atoms with Crippen molar-refractivity contribution in [2.24, 2.45) is 0 Å². The topological polar surface area (TPSA) is 71.0 Å². The van der Waals surface area contributed by atoms with Crippen LogP contribution in [0.5, 0.6) is 0 Å². The number of nitrogens with zero attached hydrogens (tertiary/aromatic N) is 4. The van der Waals surface area contributed by atoms with Gasteiger partial charge in [0, 0.05) is 37.0 Å². The van der Waals surface area contributed by atoms with Crippen LogP contribution in [0.4, 0.5) is 5.82 Å². The molecule has 7 heteroatoms. The molecule has 1 unspecified atom stereocenters. The Bertz CT molecular complexity index is 1070. The molecule has 1 aromatic carbocycles. The number of piperidine rings is 1. The second-order valence-corrected chi connectivity index (χ2v) is 9.38. The molecule has 3 aromatic rings. The maximum absolute atomic E-state index is 12.5. The molecular weight excluding hydrogens is 382 g/mol. The Hall–Kier alpha value is -2.54. The summed E-state index contributed by atoms with van der Waals surface area (Å²) in [6, 6.07) is 8.38. The first-order valence-electron chi connectivity index (χ1n) is 10.6. The van der Waals surface area contributed by atoms with E-state index >= 15 is 0 Å². The van der Waals surface area contributed by atoms with E-state index in [0.29, 0.717) is 24.1 Å². The zero-order valence-corrected chi connectivity index (χ0v) is 17.0. The molecule has 1 saturated heterocycles. The van der Waals surface area contributed by atoms with Gasteiger partial charge in [0.2, 0.25) is 0 Å². The Balaban J connectivity index is 1.36. The monoisotopic (exact) mass is 405 g/mol. The van der Waals surface area contributed by atoms with Crippen molar-refractivity contribution >= 4 is 33.3 Å². The molecule has 0 radical (unpaired) electrons. The van der Waals surface area contributed by atoms with Gasteiger partial charge in [-0.3, -0.25) is 4.79 Å². The Morgan fingerprint density at radius 3 is 2.83 bits per heavy atom. The summed E-state index contributed by atoms with van der Waals surface area (Å²) in [6.45, 7) is 2.56. The van der Waals surface area contributed by atoms with E-state index < -0.39 is 0 Å². The summed E-state index contributed by atoms with van der Waals surface area (Å²) in [7, 11) is 0. The Labute approximate surface area is 173 Å². The number of benzene rings is 1. The molecular formula is C22H23N5OS. The number of carbonyl (C=O) groups is 1. The quantitative estimate of drug-likeness (QED) is 0.720. The van der Waals surface area contributed by atoms with Crippen molar-refractivity contribution in [3.63, 3.8) is 0 Å². The maximum Gasteiger partial charge on any atom is 0.270 e. The molecule has 1 atom stereocenters. The highest BCUT2D eigenvalue weighted by atomic mass is 32.1. The lowest BCUT2D eigenvalue weighted by Gasteiger charge is -2.35. The van der Waals surface area contributed by atoms with E-state index in [-0.39, 0.29) is 5.91 Å². The van der Waals surface area contributed by atoms with Gasteiger partial charge in [0.25, 0.3) is 5.91 Å². The number of carbonyl (C=O) groups excluding carboxylic acids is 1. The summed E-state index contributed by atoms with van der Waals surface area (Å²) in [5, 5.41) is 4.17. The maximum atomic E-state index is 12.5. The largest absolute Gasteiger partial charge is 0.356 e. The van der Waals surface area contributed by atoms with Crippen LogP contribution in [0.25, 0.3) is 10.2 Å². The molecule has 1 amide bonds. The van der Waals surface area contributed by atoms with E-state index in [0.717, 1.165) is 67.9 Å². The Morgan fingerprint density at radius 2 is 1.97 bits per heavy atom. The minimum absolute atomic E-state index is 0.0449. The van der Waals surface area contributed by atoms with Gasteiger partial charge < -0.3 is 10.2 Å². The van der Waals surface area contributed by atoms with E-state index in [1.54, 1.807) is 0 Å². The molecule has 1 N–H and O–H groups in total. The fourth-order valence-electron chi connectivity index (χ4n) is 4.51. The average Bonchev–Trinajstić information content (AvgIpc) is 3.52. The van der Waals surface area contributed by atoms with Crippen LogP contribution in [0, 0.1) is 0 Å². The van der Waals surface area contributed by atoms with Crippen LogP contribution in [0.3, 0.4) is 0 Å². The van der Waals surface area contributed by atoms with Gasteiger partial charge in [-0.25, -0.2) is 15.0 Å². The van der Waals surface area contributed by atoms with Gasteiger partial charge in [0.1, 0.15) is 17.3 Å². The van der Waals surface area contributed by atoms with Crippen LogP contribution in [-0.2, 0) is 6.42 Å². The third-order valence-corrected chi connectivity index (χ3v) is 7.40. The van der Waals surface area contributed by atoms with E-state index in [1.807, 2.05) is 11.3 Å². The van der Waals surface area contributed by atoms with Crippen LogP contribution < -0.4 is 10.2 Å². The summed E-state index contributed by atoms with van der Waals surface area (Å²) in [5.41, 5.74) is 2.73. The molecule has 3 aliphatic rings. The summed E-state index contributed by atoms with van der Waals surface area (Å²) in [6.07, 6.45) is 5.34. The number of hydrogen-bond acceptors (Lipinski definition) is 6. The van der Waals surface area contributed by atoms with Crippen molar-refractivity contribution in [3.8, 4) is 0 Å². The zero-order chi connectivity index (χ0) is 19.4. The van der Waals surface area contributed by atoms with Crippen LogP contribution in [-0.4, -0.2) is 40.5 Å². The van der Waals surface area contributed by atoms with Gasteiger partial charge in [-0.15, -0.1) is 11.3 Å². The minimum atomic E-state index is -0.0449. The lowest BCUT2D eigenvalue weighted by Crippen LogP contribution is -2.39. The van der Waals surface area contributed by atoms with Gasteiger partial charge in [0.05, 0.1) is 15.2 Å². The number of fused-ring (bicyclic) bond motifs is 2. The van der Waals surface area contributed by atoms with Crippen LogP contribution in [0.2, 0.25) is 0 Å². The van der Waals surface area contributed by atoms with Crippen molar-refractivity contribution in [2.45, 2.75) is 43.9 Å². The van der Waals surface area contributed by atoms with Gasteiger partial charge in [0.15, 0.2) is 0 Å². The summed E-state index contributed by atoms with van der Waals surface area (Å²) in [5.74, 6) is 2.65. The molecule has 0 spiro atoms. The van der Waals surface area contributed by atoms with Gasteiger partial charge >= 0.3 is 0 Å². The average molecular weight is 406 g/mol. The smallest absolute Gasteiger partial charge is 0.270 e. The highest BCUT2D eigenvalue weighted by molar-refractivity contribution is 7.18. The number of amides is 1. The van der Waals surface area contributed by atoms with Crippen molar-refractivity contribution < 1.29 is 4.79 Å². The molecule has 2 fully saturated rings. The number of para-hydroxylation sites is 1. The molecule has 1 aliphatic carbocycles. The fourth-order valence-corrected chi connectivity index (χ4v) is 5.61. The molecule has 6 rings (SSSR count). The molecule has 2 aromatic heterocycles. The molecule has 148 valence electrons. The third kappa shape index (κ3) is 3.08. The van der Waals surface area contributed by atoms with Crippen LogP contribution in [0.1, 0.15) is 64.4 Å².